The van der Waals surface area contributed by atoms with Gasteiger partial charge in [-0.3, -0.25) is 9.09 Å². The molecule has 12 heteroatoms. The monoisotopic (exact) mass is 365 g/mol. The Morgan fingerprint density at radius 3 is 2.78 bits per heavy atom. The van der Waals surface area contributed by atoms with E-state index in [-0.39, 0.29) is 0 Å². The first kappa shape index (κ1) is 16.7. The molecule has 1 unspecified atom stereocenters. The SMILES string of the molecule is O=P(O)(O)OC[C@H]1OC(n2cnc3c(Cl)ccnc32)[C@H](O)[C@@H]1O. The molecule has 0 amide bonds. The average molecular weight is 366 g/mol. The summed E-state index contributed by atoms with van der Waals surface area (Å²) >= 11 is 6.00. The number of halogens is 1. The van der Waals surface area contributed by atoms with Gasteiger partial charge < -0.3 is 24.7 Å². The molecule has 0 radical (unpaired) electrons. The van der Waals surface area contributed by atoms with E-state index in [4.69, 9.17) is 26.1 Å². The Balaban J connectivity index is 1.85. The van der Waals surface area contributed by atoms with Crippen molar-refractivity contribution < 1.29 is 33.8 Å². The number of aromatic nitrogens is 3. The van der Waals surface area contributed by atoms with Gasteiger partial charge in [0.2, 0.25) is 0 Å². The Bertz CT molecular complexity index is 765. The number of nitrogens with zero attached hydrogens (tertiary/aromatic N) is 3. The molecule has 23 heavy (non-hydrogen) atoms. The van der Waals surface area contributed by atoms with Crippen molar-refractivity contribution in [2.45, 2.75) is 24.5 Å². The van der Waals surface area contributed by atoms with Crippen LogP contribution >= 0.6 is 19.4 Å². The lowest BCUT2D eigenvalue weighted by molar-refractivity contribution is -0.0503. The zero-order chi connectivity index (χ0) is 16.8. The van der Waals surface area contributed by atoms with Gasteiger partial charge in [-0.25, -0.2) is 14.5 Å². The summed E-state index contributed by atoms with van der Waals surface area (Å²) in [6.45, 7) is -0.584. The number of hydrogen-bond donors (Lipinski definition) is 4. The average Bonchev–Trinajstić information content (AvgIpc) is 3.01. The van der Waals surface area contributed by atoms with Crippen LogP contribution in [0.2, 0.25) is 5.02 Å². The third-order valence-electron chi connectivity index (χ3n) is 3.43. The number of fused-ring (bicyclic) bond motifs is 1. The van der Waals surface area contributed by atoms with Crippen LogP contribution in [-0.2, 0) is 13.8 Å². The number of aliphatic hydroxyl groups is 2. The van der Waals surface area contributed by atoms with Crippen LogP contribution in [0.3, 0.4) is 0 Å². The first-order valence-corrected chi connectivity index (χ1v) is 8.37. The number of pyridine rings is 1. The number of rotatable bonds is 4. The number of phosphoric acid groups is 1. The minimum absolute atomic E-state index is 0.338. The van der Waals surface area contributed by atoms with E-state index in [1.165, 1.54) is 17.1 Å². The molecule has 0 aliphatic carbocycles. The highest BCUT2D eigenvalue weighted by molar-refractivity contribution is 7.46. The third-order valence-corrected chi connectivity index (χ3v) is 4.22. The first-order valence-electron chi connectivity index (χ1n) is 6.46. The Morgan fingerprint density at radius 1 is 1.35 bits per heavy atom. The summed E-state index contributed by atoms with van der Waals surface area (Å²) in [6, 6.07) is 1.55. The van der Waals surface area contributed by atoms with Crippen molar-refractivity contribution in [3.8, 4) is 0 Å². The zero-order valence-electron chi connectivity index (χ0n) is 11.4. The van der Waals surface area contributed by atoms with Crippen LogP contribution in [0.25, 0.3) is 11.2 Å². The molecule has 1 fully saturated rings. The van der Waals surface area contributed by atoms with Crippen molar-refractivity contribution in [2.75, 3.05) is 6.61 Å². The Labute approximate surface area is 134 Å². The van der Waals surface area contributed by atoms with Gasteiger partial charge in [0.15, 0.2) is 11.9 Å². The molecular formula is C11H13ClN3O7P. The van der Waals surface area contributed by atoms with Crippen LogP contribution in [0.15, 0.2) is 18.6 Å². The minimum atomic E-state index is -4.71. The topological polar surface area (TPSA) is 147 Å². The fraction of sp³-hybridized carbons (Fsp3) is 0.455. The van der Waals surface area contributed by atoms with Crippen LogP contribution in [0, 0.1) is 0 Å². The molecule has 1 aliphatic rings. The van der Waals surface area contributed by atoms with Gasteiger partial charge in [0.05, 0.1) is 18.0 Å². The molecular weight excluding hydrogens is 353 g/mol. The Hall–Kier alpha value is -1.10. The smallest absolute Gasteiger partial charge is 0.387 e. The standard InChI is InChI=1S/C11H13ClN3O7P/c12-5-1-2-13-10-7(5)14-4-15(10)11-9(17)8(16)6(22-11)3-21-23(18,19)20/h1-2,4,6,8-9,11,16-17H,3H2,(H2,18,19,20)/t6-,8-,9-,11?/m1/s1. The Kier molecular flexibility index (Phi) is 4.43. The summed E-state index contributed by atoms with van der Waals surface area (Å²) in [5.41, 5.74) is 0.736. The summed E-state index contributed by atoms with van der Waals surface area (Å²) in [5, 5.41) is 20.4. The van der Waals surface area contributed by atoms with Gasteiger partial charge in [0.1, 0.15) is 23.8 Å². The number of ether oxygens (including phenoxy) is 1. The molecule has 1 saturated heterocycles. The van der Waals surface area contributed by atoms with E-state index in [0.29, 0.717) is 16.2 Å². The van der Waals surface area contributed by atoms with Crippen LogP contribution in [0.4, 0.5) is 0 Å². The van der Waals surface area contributed by atoms with Crippen molar-refractivity contribution in [1.29, 1.82) is 0 Å². The zero-order valence-corrected chi connectivity index (χ0v) is 13.1. The number of imidazole rings is 1. The van der Waals surface area contributed by atoms with Gasteiger partial charge in [0.25, 0.3) is 0 Å². The molecule has 0 spiro atoms. The van der Waals surface area contributed by atoms with E-state index in [0.717, 1.165) is 0 Å². The number of hydrogen-bond acceptors (Lipinski definition) is 7. The Morgan fingerprint density at radius 2 is 2.09 bits per heavy atom. The molecule has 4 atom stereocenters. The van der Waals surface area contributed by atoms with E-state index in [9.17, 15) is 14.8 Å². The lowest BCUT2D eigenvalue weighted by Gasteiger charge is -2.16. The van der Waals surface area contributed by atoms with E-state index in [1.807, 2.05) is 0 Å². The number of phosphoric ester groups is 1. The molecule has 0 saturated carbocycles. The normalized spacial score (nSPS) is 28.6. The maximum absolute atomic E-state index is 10.7. The largest absolute Gasteiger partial charge is 0.469 e. The highest BCUT2D eigenvalue weighted by Gasteiger charge is 2.45. The van der Waals surface area contributed by atoms with E-state index >= 15 is 0 Å². The maximum atomic E-state index is 10.7. The molecule has 10 nitrogen and oxygen atoms in total. The van der Waals surface area contributed by atoms with Gasteiger partial charge in [-0.05, 0) is 6.07 Å². The summed E-state index contributed by atoms with van der Waals surface area (Å²) in [4.78, 5) is 25.6. The van der Waals surface area contributed by atoms with Crippen LogP contribution in [-0.4, -0.2) is 59.5 Å². The van der Waals surface area contributed by atoms with Gasteiger partial charge in [0, 0.05) is 6.20 Å². The fourth-order valence-corrected chi connectivity index (χ4v) is 2.89. The van der Waals surface area contributed by atoms with E-state index in [1.54, 1.807) is 6.07 Å². The number of aliphatic hydroxyl groups excluding tert-OH is 2. The van der Waals surface area contributed by atoms with E-state index in [2.05, 4.69) is 14.5 Å². The van der Waals surface area contributed by atoms with E-state index < -0.39 is 39.0 Å². The molecule has 3 rings (SSSR count). The minimum Gasteiger partial charge on any atom is -0.387 e. The van der Waals surface area contributed by atoms with Crippen molar-refractivity contribution in [3.63, 3.8) is 0 Å². The lowest BCUT2D eigenvalue weighted by atomic mass is 10.1. The summed E-state index contributed by atoms with van der Waals surface area (Å²) in [7, 11) is -4.71. The molecule has 0 bridgehead atoms. The second kappa shape index (κ2) is 6.08. The highest BCUT2D eigenvalue weighted by atomic mass is 35.5. The molecule has 126 valence electrons. The fourth-order valence-electron chi connectivity index (χ4n) is 2.36. The highest BCUT2D eigenvalue weighted by Crippen LogP contribution is 2.38. The molecule has 3 heterocycles. The van der Waals surface area contributed by atoms with Crippen molar-refractivity contribution in [2.24, 2.45) is 0 Å². The van der Waals surface area contributed by atoms with Crippen LogP contribution in [0.5, 0.6) is 0 Å². The van der Waals surface area contributed by atoms with Gasteiger partial charge in [-0.15, -0.1) is 0 Å². The summed E-state index contributed by atoms with van der Waals surface area (Å²) < 4.78 is 21.9. The quantitative estimate of drug-likeness (QED) is 0.541. The maximum Gasteiger partial charge on any atom is 0.469 e. The van der Waals surface area contributed by atoms with Crippen LogP contribution in [0.1, 0.15) is 6.23 Å². The van der Waals surface area contributed by atoms with Crippen molar-refractivity contribution >= 4 is 30.6 Å². The van der Waals surface area contributed by atoms with Crippen molar-refractivity contribution in [3.05, 3.63) is 23.6 Å². The third kappa shape index (κ3) is 3.25. The van der Waals surface area contributed by atoms with Gasteiger partial charge in [-0.1, -0.05) is 11.6 Å². The molecule has 2 aromatic heterocycles. The lowest BCUT2D eigenvalue weighted by Crippen LogP contribution is -2.33. The second-order valence-corrected chi connectivity index (χ2v) is 6.60. The molecule has 1 aliphatic heterocycles. The molecule has 2 aromatic rings. The summed E-state index contributed by atoms with van der Waals surface area (Å²) in [5.74, 6) is 0. The van der Waals surface area contributed by atoms with Gasteiger partial charge in [-0.2, -0.15) is 0 Å². The second-order valence-electron chi connectivity index (χ2n) is 4.95. The molecule has 4 N–H and O–H groups in total. The predicted octanol–water partition coefficient (Wildman–Crippen LogP) is -0.187. The summed E-state index contributed by atoms with van der Waals surface area (Å²) in [6.07, 6.45) is -2.14. The van der Waals surface area contributed by atoms with Crippen molar-refractivity contribution in [1.82, 2.24) is 14.5 Å². The van der Waals surface area contributed by atoms with Crippen LogP contribution < -0.4 is 0 Å². The first-order chi connectivity index (χ1) is 10.8. The molecule has 0 aromatic carbocycles. The predicted molar refractivity (Wildman–Crippen MR) is 76.5 cm³/mol. The van der Waals surface area contributed by atoms with Gasteiger partial charge >= 0.3 is 7.82 Å².